The molecular weight excluding hydrogens is 424 g/mol. The zero-order valence-electron chi connectivity index (χ0n) is 20.9. The van der Waals surface area contributed by atoms with Gasteiger partial charge in [0.25, 0.3) is 0 Å². The topological polar surface area (TPSA) is 72.8 Å². The van der Waals surface area contributed by atoms with Crippen LogP contribution in [0.5, 0.6) is 11.5 Å². The summed E-state index contributed by atoms with van der Waals surface area (Å²) in [4.78, 5) is 15.7. The summed E-state index contributed by atoms with van der Waals surface area (Å²) in [6, 6.07) is 13.4. The molecule has 0 bridgehead atoms. The number of hydrogen-bond acceptors (Lipinski definition) is 4. The minimum atomic E-state index is 0.00670. The molecule has 184 valence electrons. The second kappa shape index (κ2) is 10.4. The number of fused-ring (bicyclic) bond motifs is 1. The van der Waals surface area contributed by atoms with E-state index < -0.39 is 0 Å². The average Bonchev–Trinajstić information content (AvgIpc) is 2.83. The number of nitrogens with zero attached hydrogens (tertiary/aromatic N) is 1. The molecule has 0 saturated carbocycles. The predicted octanol–water partition coefficient (Wildman–Crippen LogP) is 5.15. The summed E-state index contributed by atoms with van der Waals surface area (Å²) in [6.07, 6.45) is 6.47. The smallest absolute Gasteiger partial charge is 0.223 e. The van der Waals surface area contributed by atoms with Crippen molar-refractivity contribution in [2.75, 3.05) is 13.1 Å². The fourth-order valence-corrected chi connectivity index (χ4v) is 5.91. The van der Waals surface area contributed by atoms with Crippen molar-refractivity contribution in [2.45, 2.75) is 83.2 Å². The van der Waals surface area contributed by atoms with Crippen molar-refractivity contribution in [3.8, 4) is 11.5 Å². The zero-order valence-corrected chi connectivity index (χ0v) is 20.9. The van der Waals surface area contributed by atoms with Crippen LogP contribution in [-0.4, -0.2) is 45.7 Å². The van der Waals surface area contributed by atoms with E-state index in [1.807, 2.05) is 24.3 Å². The first-order valence-electron chi connectivity index (χ1n) is 12.9. The number of hydrogen-bond donors (Lipinski definition) is 3. The Morgan fingerprint density at radius 3 is 2.50 bits per heavy atom. The third kappa shape index (κ3) is 5.75. The van der Waals surface area contributed by atoms with Gasteiger partial charge < -0.3 is 15.5 Å². The summed E-state index contributed by atoms with van der Waals surface area (Å²) in [5.74, 6) is 1.33. The normalized spacial score (nSPS) is 20.5. The van der Waals surface area contributed by atoms with Crippen molar-refractivity contribution in [1.82, 2.24) is 10.2 Å². The first-order valence-corrected chi connectivity index (χ1v) is 12.9. The van der Waals surface area contributed by atoms with Crippen LogP contribution in [0.25, 0.3) is 0 Å². The number of carbonyl (C=O) groups excluding carboxylic acids is 1. The van der Waals surface area contributed by atoms with Gasteiger partial charge in [-0.05, 0) is 119 Å². The van der Waals surface area contributed by atoms with Gasteiger partial charge in [-0.2, -0.15) is 0 Å². The fourth-order valence-electron chi connectivity index (χ4n) is 5.91. The largest absolute Gasteiger partial charge is 0.508 e. The number of aryl methyl sites for hydroxylation is 1. The van der Waals surface area contributed by atoms with Crippen molar-refractivity contribution < 1.29 is 15.0 Å². The van der Waals surface area contributed by atoms with E-state index in [9.17, 15) is 15.0 Å². The number of phenols is 2. The molecule has 1 aliphatic heterocycles. The summed E-state index contributed by atoms with van der Waals surface area (Å²) in [6.45, 7) is 8.83. The van der Waals surface area contributed by atoms with Gasteiger partial charge in [-0.1, -0.05) is 25.1 Å². The molecule has 3 N–H and O–H groups in total. The van der Waals surface area contributed by atoms with E-state index >= 15 is 0 Å². The number of benzene rings is 2. The molecule has 2 aromatic carbocycles. The van der Waals surface area contributed by atoms with E-state index in [4.69, 9.17) is 0 Å². The van der Waals surface area contributed by atoms with Gasteiger partial charge in [-0.3, -0.25) is 9.69 Å². The molecule has 1 fully saturated rings. The lowest BCUT2D eigenvalue weighted by molar-refractivity contribution is -0.126. The number of likely N-dealkylation sites (tertiary alicyclic amines) is 1. The molecule has 1 amide bonds. The molecule has 2 aromatic rings. The summed E-state index contributed by atoms with van der Waals surface area (Å²) in [7, 11) is 0. The van der Waals surface area contributed by atoms with E-state index in [1.165, 1.54) is 16.7 Å². The van der Waals surface area contributed by atoms with Crippen molar-refractivity contribution in [3.05, 3.63) is 59.2 Å². The Morgan fingerprint density at radius 2 is 1.79 bits per heavy atom. The minimum absolute atomic E-state index is 0.00670. The van der Waals surface area contributed by atoms with Gasteiger partial charge in [-0.25, -0.2) is 0 Å². The standard InChI is InChI=1S/C29H40N2O3/c1-4-25(30-28(34)24-9-8-23-18-27(33)11-10-22(23)16-24)19-29(2,3)31-14-12-20(13-15-31)21-6-5-7-26(32)17-21/h5-7,10-11,17-18,20,24-25,32-33H,4,8-9,12-16,19H2,1-3H3,(H,30,34)/t24-,25?/m0/s1. The number of piperidine rings is 1. The average molecular weight is 465 g/mol. The zero-order chi connectivity index (χ0) is 24.3. The molecular formula is C29H40N2O3. The highest BCUT2D eigenvalue weighted by Gasteiger charge is 2.34. The molecule has 2 atom stereocenters. The van der Waals surface area contributed by atoms with Gasteiger partial charge >= 0.3 is 0 Å². The molecule has 1 saturated heterocycles. The molecule has 4 rings (SSSR count). The number of amides is 1. The summed E-state index contributed by atoms with van der Waals surface area (Å²) < 4.78 is 0. The van der Waals surface area contributed by atoms with Gasteiger partial charge in [0.2, 0.25) is 5.91 Å². The lowest BCUT2D eigenvalue weighted by atomic mass is 9.82. The van der Waals surface area contributed by atoms with Crippen molar-refractivity contribution in [1.29, 1.82) is 0 Å². The van der Waals surface area contributed by atoms with Crippen LogP contribution in [0.4, 0.5) is 0 Å². The lowest BCUT2D eigenvalue weighted by Gasteiger charge is -2.45. The Hall–Kier alpha value is -2.53. The molecule has 1 aliphatic carbocycles. The maximum absolute atomic E-state index is 13.1. The maximum atomic E-state index is 13.1. The number of aromatic hydroxyl groups is 2. The Bertz CT molecular complexity index is 995. The molecule has 5 heteroatoms. The molecule has 1 heterocycles. The van der Waals surface area contributed by atoms with Gasteiger partial charge in [0.1, 0.15) is 11.5 Å². The summed E-state index contributed by atoms with van der Waals surface area (Å²) in [5, 5.41) is 22.9. The molecule has 5 nitrogen and oxygen atoms in total. The fraction of sp³-hybridized carbons (Fsp3) is 0.552. The highest BCUT2D eigenvalue weighted by molar-refractivity contribution is 5.79. The second-order valence-corrected chi connectivity index (χ2v) is 10.9. The van der Waals surface area contributed by atoms with Crippen LogP contribution < -0.4 is 5.32 Å². The van der Waals surface area contributed by atoms with E-state index in [0.717, 1.165) is 58.0 Å². The third-order valence-electron chi connectivity index (χ3n) is 8.07. The quantitative estimate of drug-likeness (QED) is 0.530. The summed E-state index contributed by atoms with van der Waals surface area (Å²) >= 11 is 0. The Balaban J connectivity index is 1.31. The van der Waals surface area contributed by atoms with E-state index in [1.54, 1.807) is 12.1 Å². The molecule has 2 aliphatic rings. The van der Waals surface area contributed by atoms with Crippen molar-refractivity contribution >= 4 is 5.91 Å². The predicted molar refractivity (Wildman–Crippen MR) is 136 cm³/mol. The van der Waals surface area contributed by atoms with Gasteiger partial charge in [0, 0.05) is 17.5 Å². The first-order chi connectivity index (χ1) is 16.2. The van der Waals surface area contributed by atoms with Gasteiger partial charge in [-0.15, -0.1) is 0 Å². The number of carbonyl (C=O) groups is 1. The first kappa shape index (κ1) is 24.6. The molecule has 0 radical (unpaired) electrons. The Kier molecular flexibility index (Phi) is 7.51. The molecule has 1 unspecified atom stereocenters. The van der Waals surface area contributed by atoms with E-state index in [2.05, 4.69) is 37.1 Å². The van der Waals surface area contributed by atoms with E-state index in [-0.39, 0.29) is 23.4 Å². The van der Waals surface area contributed by atoms with E-state index in [0.29, 0.717) is 17.4 Å². The van der Waals surface area contributed by atoms with Crippen LogP contribution >= 0.6 is 0 Å². The van der Waals surface area contributed by atoms with Gasteiger partial charge in [0.05, 0.1) is 0 Å². The van der Waals surface area contributed by atoms with Crippen LogP contribution in [0.1, 0.15) is 75.5 Å². The number of rotatable bonds is 7. The monoisotopic (exact) mass is 464 g/mol. The van der Waals surface area contributed by atoms with Crippen molar-refractivity contribution in [2.24, 2.45) is 5.92 Å². The SMILES string of the molecule is CCC(CC(C)(C)N1CCC(c2cccc(O)c2)CC1)NC(=O)[C@H]1CCc2cc(O)ccc2C1. The second-order valence-electron chi connectivity index (χ2n) is 10.9. The molecule has 0 aromatic heterocycles. The molecule has 34 heavy (non-hydrogen) atoms. The highest BCUT2D eigenvalue weighted by Crippen LogP contribution is 2.34. The van der Waals surface area contributed by atoms with Crippen LogP contribution in [0, 0.1) is 5.92 Å². The third-order valence-corrected chi connectivity index (χ3v) is 8.07. The van der Waals surface area contributed by atoms with Crippen LogP contribution in [0.3, 0.4) is 0 Å². The van der Waals surface area contributed by atoms with Crippen LogP contribution in [0.15, 0.2) is 42.5 Å². The van der Waals surface area contributed by atoms with Gasteiger partial charge in [0.15, 0.2) is 0 Å². The maximum Gasteiger partial charge on any atom is 0.223 e. The highest BCUT2D eigenvalue weighted by atomic mass is 16.3. The Morgan fingerprint density at radius 1 is 1.06 bits per heavy atom. The Labute approximate surface area is 204 Å². The lowest BCUT2D eigenvalue weighted by Crippen LogP contribution is -2.52. The number of nitrogens with one attached hydrogen (secondary N) is 1. The van der Waals surface area contributed by atoms with Crippen LogP contribution in [0.2, 0.25) is 0 Å². The minimum Gasteiger partial charge on any atom is -0.508 e. The van der Waals surface area contributed by atoms with Crippen LogP contribution in [-0.2, 0) is 17.6 Å². The number of phenolic OH excluding ortho intramolecular Hbond substituents is 2. The molecule has 0 spiro atoms. The summed E-state index contributed by atoms with van der Waals surface area (Å²) in [5.41, 5.74) is 3.60. The van der Waals surface area contributed by atoms with Crippen molar-refractivity contribution in [3.63, 3.8) is 0 Å².